The smallest absolute Gasteiger partial charge is 0.261 e. The summed E-state index contributed by atoms with van der Waals surface area (Å²) in [6.45, 7) is 0. The number of hydrogen-bond acceptors (Lipinski definition) is 3. The number of pyridine rings is 1. The maximum atomic E-state index is 12.9. The minimum Gasteiger partial charge on any atom is -0.373 e. The van der Waals surface area contributed by atoms with E-state index in [1.807, 2.05) is 43.6 Å². The summed E-state index contributed by atoms with van der Waals surface area (Å²) < 4.78 is 9.85. The van der Waals surface area contributed by atoms with Crippen molar-refractivity contribution in [2.75, 3.05) is 0 Å². The zero-order valence-corrected chi connectivity index (χ0v) is 13.6. The lowest BCUT2D eigenvalue weighted by atomic mass is 9.95. The van der Waals surface area contributed by atoms with Crippen molar-refractivity contribution in [3.05, 3.63) is 53.1 Å². The van der Waals surface area contributed by atoms with Gasteiger partial charge in [-0.05, 0) is 36.8 Å². The molecule has 24 heavy (non-hydrogen) atoms. The van der Waals surface area contributed by atoms with E-state index in [2.05, 4.69) is 9.55 Å². The molecular formula is C19H19N3O2. The van der Waals surface area contributed by atoms with E-state index < -0.39 is 0 Å². The molecular weight excluding hydrogens is 302 g/mol. The first-order valence-corrected chi connectivity index (χ1v) is 8.50. The van der Waals surface area contributed by atoms with Crippen LogP contribution in [0.3, 0.4) is 0 Å². The molecule has 0 radical (unpaired) electrons. The summed E-state index contributed by atoms with van der Waals surface area (Å²) in [5.41, 5.74) is 1.59. The van der Waals surface area contributed by atoms with Gasteiger partial charge in [0.15, 0.2) is 0 Å². The van der Waals surface area contributed by atoms with Crippen molar-refractivity contribution < 1.29 is 4.74 Å². The highest BCUT2D eigenvalue weighted by atomic mass is 16.5. The third-order valence-electron chi connectivity index (χ3n) is 5.47. The Morgan fingerprint density at radius 3 is 2.92 bits per heavy atom. The predicted octanol–water partition coefficient (Wildman–Crippen LogP) is 2.89. The van der Waals surface area contributed by atoms with E-state index in [0.29, 0.717) is 11.7 Å². The Labute approximate surface area is 139 Å². The molecule has 122 valence electrons. The first kappa shape index (κ1) is 14.0. The lowest BCUT2D eigenvalue weighted by molar-refractivity contribution is 0.0940. The van der Waals surface area contributed by atoms with Crippen LogP contribution in [0, 0.1) is 0 Å². The number of hydrogen-bond donors (Lipinski definition) is 0. The number of fused-ring (bicyclic) bond motifs is 3. The number of aryl methyl sites for hydroxylation is 1. The molecule has 3 atom stereocenters. The molecule has 4 heterocycles. The van der Waals surface area contributed by atoms with Gasteiger partial charge in [-0.15, -0.1) is 0 Å². The molecule has 0 amide bonds. The third kappa shape index (κ3) is 1.91. The average Bonchev–Trinajstić information content (AvgIpc) is 3.33. The predicted molar refractivity (Wildman–Crippen MR) is 92.0 cm³/mol. The Morgan fingerprint density at radius 1 is 1.25 bits per heavy atom. The van der Waals surface area contributed by atoms with Gasteiger partial charge in [0.1, 0.15) is 5.82 Å². The molecule has 2 saturated heterocycles. The van der Waals surface area contributed by atoms with Crippen molar-refractivity contribution in [2.24, 2.45) is 7.05 Å². The van der Waals surface area contributed by atoms with Gasteiger partial charge in [0.05, 0.1) is 29.3 Å². The first-order valence-electron chi connectivity index (χ1n) is 8.50. The molecule has 1 aromatic carbocycles. The van der Waals surface area contributed by atoms with E-state index in [1.165, 1.54) is 0 Å². The number of imidazole rings is 1. The molecule has 2 aliphatic rings. The number of para-hydroxylation sites is 1. The van der Waals surface area contributed by atoms with Crippen LogP contribution < -0.4 is 5.56 Å². The largest absolute Gasteiger partial charge is 0.373 e. The van der Waals surface area contributed by atoms with Gasteiger partial charge in [0, 0.05) is 19.4 Å². The Balaban J connectivity index is 1.68. The fourth-order valence-electron chi connectivity index (χ4n) is 4.28. The Hall–Kier alpha value is -2.40. The SMILES string of the molecule is Cn1c(=O)c(-c2nccn2[C@@H]2C[C@@H]3CC[C@H]2O3)cc2ccccc21. The third-order valence-corrected chi connectivity index (χ3v) is 5.47. The Kier molecular flexibility index (Phi) is 2.94. The number of ether oxygens (including phenoxy) is 1. The summed E-state index contributed by atoms with van der Waals surface area (Å²) in [6, 6.07) is 10.2. The standard InChI is InChI=1S/C19H19N3O2/c1-21-15-5-3-2-4-12(15)10-14(19(21)23)18-20-8-9-22(18)16-11-13-6-7-17(16)24-13/h2-5,8-10,13,16-17H,6-7,11H2,1H3/t13-,16+,17+/m0/s1. The minimum atomic E-state index is -0.00905. The summed E-state index contributed by atoms with van der Waals surface area (Å²) in [5.74, 6) is 0.752. The normalized spacial score (nSPS) is 25.6. The van der Waals surface area contributed by atoms with E-state index in [9.17, 15) is 4.79 Å². The van der Waals surface area contributed by atoms with Crippen molar-refractivity contribution in [3.63, 3.8) is 0 Å². The van der Waals surface area contributed by atoms with Gasteiger partial charge in [-0.2, -0.15) is 0 Å². The summed E-state index contributed by atoms with van der Waals surface area (Å²) in [7, 11) is 1.82. The minimum absolute atomic E-state index is 0.00905. The molecule has 3 aromatic rings. The second-order valence-electron chi connectivity index (χ2n) is 6.82. The van der Waals surface area contributed by atoms with Crippen molar-refractivity contribution in [1.82, 2.24) is 14.1 Å². The molecule has 2 fully saturated rings. The molecule has 5 heteroatoms. The molecule has 5 rings (SSSR count). The van der Waals surface area contributed by atoms with Crippen LogP contribution in [0.5, 0.6) is 0 Å². The van der Waals surface area contributed by atoms with Gasteiger partial charge in [0.2, 0.25) is 0 Å². The van der Waals surface area contributed by atoms with Crippen LogP contribution in [0.2, 0.25) is 0 Å². The molecule has 0 spiro atoms. The number of nitrogens with zero attached hydrogens (tertiary/aromatic N) is 3. The van der Waals surface area contributed by atoms with Gasteiger partial charge in [-0.1, -0.05) is 18.2 Å². The highest BCUT2D eigenvalue weighted by Crippen LogP contribution is 2.42. The summed E-state index contributed by atoms with van der Waals surface area (Å²) in [5, 5.41) is 1.05. The zero-order valence-electron chi connectivity index (χ0n) is 13.6. The fraction of sp³-hybridized carbons (Fsp3) is 0.368. The van der Waals surface area contributed by atoms with E-state index in [4.69, 9.17) is 4.74 Å². The summed E-state index contributed by atoms with van der Waals surface area (Å²) in [6.07, 6.45) is 7.67. The van der Waals surface area contributed by atoms with Crippen LogP contribution in [-0.2, 0) is 11.8 Å². The van der Waals surface area contributed by atoms with Crippen LogP contribution in [-0.4, -0.2) is 26.3 Å². The van der Waals surface area contributed by atoms with Gasteiger partial charge in [-0.3, -0.25) is 4.79 Å². The number of aromatic nitrogens is 3. The molecule has 0 unspecified atom stereocenters. The van der Waals surface area contributed by atoms with Crippen LogP contribution in [0.4, 0.5) is 0 Å². The summed E-state index contributed by atoms with van der Waals surface area (Å²) >= 11 is 0. The number of rotatable bonds is 2. The molecule has 0 aliphatic carbocycles. The van der Waals surface area contributed by atoms with E-state index >= 15 is 0 Å². The van der Waals surface area contributed by atoms with Crippen LogP contribution in [0.15, 0.2) is 47.5 Å². The lowest BCUT2D eigenvalue weighted by Crippen LogP contribution is -2.24. The maximum Gasteiger partial charge on any atom is 0.261 e. The van der Waals surface area contributed by atoms with E-state index in [-0.39, 0.29) is 17.7 Å². The van der Waals surface area contributed by atoms with Gasteiger partial charge >= 0.3 is 0 Å². The molecule has 2 aromatic heterocycles. The Bertz CT molecular complexity index is 988. The highest BCUT2D eigenvalue weighted by molar-refractivity contribution is 5.83. The summed E-state index contributed by atoms with van der Waals surface area (Å²) in [4.78, 5) is 17.4. The van der Waals surface area contributed by atoms with Crippen LogP contribution in [0.1, 0.15) is 25.3 Å². The fourth-order valence-corrected chi connectivity index (χ4v) is 4.28. The molecule has 0 N–H and O–H groups in total. The van der Waals surface area contributed by atoms with Crippen molar-refractivity contribution in [3.8, 4) is 11.4 Å². The van der Waals surface area contributed by atoms with Crippen LogP contribution >= 0.6 is 0 Å². The van der Waals surface area contributed by atoms with Crippen molar-refractivity contribution in [1.29, 1.82) is 0 Å². The second kappa shape index (κ2) is 5.05. The second-order valence-corrected chi connectivity index (χ2v) is 6.82. The highest BCUT2D eigenvalue weighted by Gasteiger charge is 2.42. The van der Waals surface area contributed by atoms with Gasteiger partial charge in [-0.25, -0.2) is 4.98 Å². The van der Waals surface area contributed by atoms with Gasteiger partial charge in [0.25, 0.3) is 5.56 Å². The maximum absolute atomic E-state index is 12.9. The van der Waals surface area contributed by atoms with Crippen LogP contribution in [0.25, 0.3) is 22.3 Å². The van der Waals surface area contributed by atoms with Crippen molar-refractivity contribution in [2.45, 2.75) is 37.5 Å². The monoisotopic (exact) mass is 321 g/mol. The topological polar surface area (TPSA) is 49.0 Å². The first-order chi connectivity index (χ1) is 11.7. The molecule has 2 aliphatic heterocycles. The van der Waals surface area contributed by atoms with E-state index in [1.54, 1.807) is 10.8 Å². The zero-order chi connectivity index (χ0) is 16.3. The lowest BCUT2D eigenvalue weighted by Gasteiger charge is -2.22. The molecule has 0 saturated carbocycles. The quantitative estimate of drug-likeness (QED) is 0.729. The van der Waals surface area contributed by atoms with Gasteiger partial charge < -0.3 is 13.9 Å². The molecule has 2 bridgehead atoms. The Morgan fingerprint density at radius 2 is 2.12 bits per heavy atom. The average molecular weight is 321 g/mol. The van der Waals surface area contributed by atoms with Crippen molar-refractivity contribution >= 4 is 10.9 Å². The number of benzene rings is 1. The van der Waals surface area contributed by atoms with E-state index in [0.717, 1.165) is 36.0 Å². The molecule has 5 nitrogen and oxygen atoms in total.